The van der Waals surface area contributed by atoms with Crippen molar-refractivity contribution in [1.29, 1.82) is 0 Å². The fourth-order valence-electron chi connectivity index (χ4n) is 3.16. The maximum absolute atomic E-state index is 11.9. The molecule has 1 amide bonds. The Kier molecular flexibility index (Phi) is 6.29. The van der Waals surface area contributed by atoms with Gasteiger partial charge in [-0.1, -0.05) is 48.5 Å². The highest BCUT2D eigenvalue weighted by molar-refractivity contribution is 6.01. The van der Waals surface area contributed by atoms with E-state index in [-0.39, 0.29) is 11.7 Å². The molecule has 0 aliphatic carbocycles. The summed E-state index contributed by atoms with van der Waals surface area (Å²) in [4.78, 5) is 11.9. The number of para-hydroxylation sites is 2. The molecule has 5 nitrogen and oxygen atoms in total. The maximum Gasteiger partial charge on any atom is 0.248 e. The number of phenolic OH excluding ortho intramolecular Hbond substituents is 1. The van der Waals surface area contributed by atoms with E-state index < -0.39 is 6.10 Å². The zero-order valence-corrected chi connectivity index (χ0v) is 15.5. The van der Waals surface area contributed by atoms with E-state index >= 15 is 0 Å². The Balaban J connectivity index is 1.51. The molecule has 5 heteroatoms. The highest BCUT2D eigenvalue weighted by Gasteiger charge is 2.12. The number of aliphatic hydroxyl groups is 1. The molecule has 3 aromatic rings. The third-order valence-electron chi connectivity index (χ3n) is 4.63. The molecule has 0 saturated heterocycles. The topological polar surface area (TPSA) is 95.6 Å². The number of anilines is 2. The number of nitrogens with one attached hydrogen (secondary N) is 1. The number of allylic oxidation sites excluding steroid dienone is 1. The van der Waals surface area contributed by atoms with E-state index in [4.69, 9.17) is 5.73 Å². The van der Waals surface area contributed by atoms with Crippen molar-refractivity contribution in [3.8, 4) is 5.75 Å². The number of hydrogen-bond donors (Lipinski definition) is 4. The normalized spacial score (nSPS) is 12.3. The number of amides is 1. The summed E-state index contributed by atoms with van der Waals surface area (Å²) in [6, 6.07) is 17.9. The first-order chi connectivity index (χ1) is 13.6. The number of carbonyl (C=O) groups excluding carboxylic acids is 1. The number of carbonyl (C=O) groups is 1. The number of nitrogens with two attached hydrogens (primary N) is 1. The van der Waals surface area contributed by atoms with Crippen LogP contribution in [0.25, 0.3) is 10.8 Å². The molecule has 0 saturated carbocycles. The van der Waals surface area contributed by atoms with Gasteiger partial charge in [0.25, 0.3) is 0 Å². The molecule has 3 aromatic carbocycles. The molecule has 5 N–H and O–H groups in total. The summed E-state index contributed by atoms with van der Waals surface area (Å²) in [5, 5.41) is 24.8. The molecule has 1 atom stereocenters. The lowest BCUT2D eigenvalue weighted by Gasteiger charge is -2.14. The van der Waals surface area contributed by atoms with Gasteiger partial charge in [-0.2, -0.15) is 0 Å². The van der Waals surface area contributed by atoms with E-state index in [9.17, 15) is 15.0 Å². The predicted octanol–water partition coefficient (Wildman–Crippen LogP) is 4.53. The van der Waals surface area contributed by atoms with Crippen molar-refractivity contribution in [2.45, 2.75) is 25.4 Å². The Morgan fingerprint density at radius 3 is 2.54 bits per heavy atom. The largest absolute Gasteiger partial charge is 0.507 e. The van der Waals surface area contributed by atoms with Crippen LogP contribution in [-0.2, 0) is 4.79 Å². The second kappa shape index (κ2) is 9.06. The van der Waals surface area contributed by atoms with Gasteiger partial charge >= 0.3 is 0 Å². The van der Waals surface area contributed by atoms with Gasteiger partial charge in [-0.05, 0) is 54.5 Å². The number of unbranched alkanes of at least 4 members (excludes halogenated alkanes) is 1. The molecule has 144 valence electrons. The summed E-state index contributed by atoms with van der Waals surface area (Å²) in [6.07, 6.45) is 4.60. The van der Waals surface area contributed by atoms with E-state index in [1.165, 1.54) is 6.08 Å². The average molecular weight is 376 g/mol. The maximum atomic E-state index is 11.9. The summed E-state index contributed by atoms with van der Waals surface area (Å²) in [5.41, 5.74) is 7.71. The van der Waals surface area contributed by atoms with Gasteiger partial charge in [0.1, 0.15) is 5.75 Å². The van der Waals surface area contributed by atoms with E-state index in [1.807, 2.05) is 36.4 Å². The number of aromatic hydroxyl groups is 1. The lowest BCUT2D eigenvalue weighted by atomic mass is 9.97. The van der Waals surface area contributed by atoms with Crippen LogP contribution in [0.15, 0.2) is 72.8 Å². The predicted molar refractivity (Wildman–Crippen MR) is 113 cm³/mol. The average Bonchev–Trinajstić information content (AvgIpc) is 2.70. The number of aliphatic hydroxyl groups excluding tert-OH is 1. The van der Waals surface area contributed by atoms with Gasteiger partial charge in [0, 0.05) is 5.39 Å². The van der Waals surface area contributed by atoms with Crippen molar-refractivity contribution in [2.75, 3.05) is 11.1 Å². The molecule has 0 fully saturated rings. The molecule has 3 rings (SSSR count). The first kappa shape index (κ1) is 19.5. The molecule has 28 heavy (non-hydrogen) atoms. The first-order valence-corrected chi connectivity index (χ1v) is 9.27. The van der Waals surface area contributed by atoms with Gasteiger partial charge in [0.05, 0.1) is 17.5 Å². The summed E-state index contributed by atoms with van der Waals surface area (Å²) in [5.74, 6) is -0.0254. The third-order valence-corrected chi connectivity index (χ3v) is 4.63. The highest BCUT2D eigenvalue weighted by atomic mass is 16.3. The lowest BCUT2D eigenvalue weighted by molar-refractivity contribution is -0.111. The van der Waals surface area contributed by atoms with E-state index in [2.05, 4.69) is 5.32 Å². The van der Waals surface area contributed by atoms with Crippen LogP contribution in [0.3, 0.4) is 0 Å². The van der Waals surface area contributed by atoms with Crippen molar-refractivity contribution in [1.82, 2.24) is 0 Å². The van der Waals surface area contributed by atoms with Crippen LogP contribution < -0.4 is 11.1 Å². The summed E-state index contributed by atoms with van der Waals surface area (Å²) < 4.78 is 0. The summed E-state index contributed by atoms with van der Waals surface area (Å²) in [6.45, 7) is 0. The molecule has 0 radical (unpaired) electrons. The number of nitrogen functional groups attached to an aromatic ring is 1. The zero-order valence-electron chi connectivity index (χ0n) is 15.5. The molecule has 0 bridgehead atoms. The number of rotatable bonds is 7. The fourth-order valence-corrected chi connectivity index (χ4v) is 3.16. The van der Waals surface area contributed by atoms with Crippen LogP contribution in [0.1, 0.15) is 30.9 Å². The third kappa shape index (κ3) is 4.69. The van der Waals surface area contributed by atoms with Gasteiger partial charge in [0.2, 0.25) is 5.91 Å². The van der Waals surface area contributed by atoms with Crippen LogP contribution in [0.2, 0.25) is 0 Å². The number of phenols is 1. The van der Waals surface area contributed by atoms with Crippen LogP contribution >= 0.6 is 0 Å². The van der Waals surface area contributed by atoms with Crippen LogP contribution in [0, 0.1) is 0 Å². The molecule has 0 aromatic heterocycles. The second-order valence-corrected chi connectivity index (χ2v) is 6.65. The molecule has 0 heterocycles. The first-order valence-electron chi connectivity index (χ1n) is 9.27. The molecule has 0 aliphatic rings. The summed E-state index contributed by atoms with van der Waals surface area (Å²) in [7, 11) is 0. The fraction of sp³-hybridized carbons (Fsp3) is 0.174. The van der Waals surface area contributed by atoms with E-state index in [0.717, 1.165) is 22.8 Å². The Labute approximate surface area is 164 Å². The van der Waals surface area contributed by atoms with Gasteiger partial charge in [-0.3, -0.25) is 4.79 Å². The van der Waals surface area contributed by atoms with Crippen LogP contribution in [0.5, 0.6) is 5.75 Å². The molecular weight excluding hydrogens is 352 g/mol. The van der Waals surface area contributed by atoms with Crippen molar-refractivity contribution < 1.29 is 15.0 Å². The number of fused-ring (bicyclic) bond motifs is 1. The minimum absolute atomic E-state index is 0.208. The Bertz CT molecular complexity index is 998. The Morgan fingerprint density at radius 1 is 1.04 bits per heavy atom. The van der Waals surface area contributed by atoms with E-state index in [1.54, 1.807) is 30.3 Å². The Hall–Kier alpha value is -3.31. The van der Waals surface area contributed by atoms with Crippen molar-refractivity contribution in [3.05, 3.63) is 78.4 Å². The van der Waals surface area contributed by atoms with Crippen molar-refractivity contribution >= 4 is 28.1 Å². The van der Waals surface area contributed by atoms with Crippen molar-refractivity contribution in [2.24, 2.45) is 0 Å². The SMILES string of the molecule is Nc1ccccc1NC(=O)/C=C/CCC[C@H](O)c1ccc(O)c2ccccc12. The molecular formula is C23H24N2O3. The monoisotopic (exact) mass is 376 g/mol. The van der Waals surface area contributed by atoms with Gasteiger partial charge in [-0.15, -0.1) is 0 Å². The highest BCUT2D eigenvalue weighted by Crippen LogP contribution is 2.32. The quantitative estimate of drug-likeness (QED) is 0.277. The second-order valence-electron chi connectivity index (χ2n) is 6.65. The number of hydrogen-bond acceptors (Lipinski definition) is 4. The lowest BCUT2D eigenvalue weighted by Crippen LogP contribution is -2.09. The molecule has 0 unspecified atom stereocenters. The van der Waals surface area contributed by atoms with Crippen LogP contribution in [-0.4, -0.2) is 16.1 Å². The molecule has 0 spiro atoms. The van der Waals surface area contributed by atoms with Crippen LogP contribution in [0.4, 0.5) is 11.4 Å². The summed E-state index contributed by atoms with van der Waals surface area (Å²) >= 11 is 0. The Morgan fingerprint density at radius 2 is 1.75 bits per heavy atom. The van der Waals surface area contributed by atoms with Gasteiger partial charge in [0.15, 0.2) is 0 Å². The molecule has 0 aliphatic heterocycles. The standard InChI is InChI=1S/C23H24N2O3/c24-19-10-6-7-11-20(19)25-23(28)13-3-1-2-12-21(26)18-14-15-22(27)17-9-5-4-8-16(17)18/h3-11,13-15,21,26-27H,1-2,12,24H2,(H,25,28)/b13-3+/t21-/m0/s1. The van der Waals surface area contributed by atoms with Gasteiger partial charge in [-0.25, -0.2) is 0 Å². The number of benzene rings is 3. The smallest absolute Gasteiger partial charge is 0.248 e. The van der Waals surface area contributed by atoms with Crippen molar-refractivity contribution in [3.63, 3.8) is 0 Å². The zero-order chi connectivity index (χ0) is 19.9. The minimum Gasteiger partial charge on any atom is -0.507 e. The van der Waals surface area contributed by atoms with E-state index in [0.29, 0.717) is 24.2 Å². The van der Waals surface area contributed by atoms with Gasteiger partial charge < -0.3 is 21.3 Å². The minimum atomic E-state index is -0.628.